The first-order valence-corrected chi connectivity index (χ1v) is 5.92. The van der Waals surface area contributed by atoms with Crippen molar-refractivity contribution < 1.29 is 9.90 Å². The molecule has 2 rings (SSSR count). The molecule has 0 amide bonds. The van der Waals surface area contributed by atoms with E-state index >= 15 is 0 Å². The van der Waals surface area contributed by atoms with Crippen molar-refractivity contribution in [3.8, 4) is 0 Å². The number of benzene rings is 1. The van der Waals surface area contributed by atoms with Gasteiger partial charge in [-0.15, -0.1) is 0 Å². The number of fused-ring (bicyclic) bond motifs is 1. The van der Waals surface area contributed by atoms with E-state index in [9.17, 15) is 4.79 Å². The molecular formula is C12H12BrNO2. The van der Waals surface area contributed by atoms with Crippen molar-refractivity contribution in [2.24, 2.45) is 0 Å². The third-order valence-electron chi connectivity index (χ3n) is 2.52. The molecule has 1 N–H and O–H groups in total. The Morgan fingerprint density at radius 1 is 1.38 bits per heavy atom. The van der Waals surface area contributed by atoms with Crippen LogP contribution in [0, 0.1) is 0 Å². The van der Waals surface area contributed by atoms with Crippen LogP contribution in [-0.2, 0) is 11.3 Å². The number of hydrogen-bond acceptors (Lipinski definition) is 1. The number of aliphatic carboxylic acids is 1. The Morgan fingerprint density at radius 2 is 2.19 bits per heavy atom. The lowest BCUT2D eigenvalue weighted by atomic mass is 10.2. The monoisotopic (exact) mass is 281 g/mol. The normalized spacial score (nSPS) is 10.8. The van der Waals surface area contributed by atoms with Crippen molar-refractivity contribution in [1.82, 2.24) is 4.57 Å². The minimum atomic E-state index is -0.737. The number of carbonyl (C=O) groups is 1. The van der Waals surface area contributed by atoms with Crippen LogP contribution in [0.2, 0.25) is 0 Å². The minimum Gasteiger partial charge on any atom is -0.481 e. The molecule has 0 radical (unpaired) electrons. The number of aromatic nitrogens is 1. The first-order valence-electron chi connectivity index (χ1n) is 5.13. The summed E-state index contributed by atoms with van der Waals surface area (Å²) < 4.78 is 3.15. The van der Waals surface area contributed by atoms with Gasteiger partial charge in [0.05, 0.1) is 0 Å². The highest BCUT2D eigenvalue weighted by Gasteiger charge is 2.02. The molecule has 0 fully saturated rings. The Labute approximate surface area is 102 Å². The fraction of sp³-hybridized carbons (Fsp3) is 0.250. The standard InChI is InChI=1S/C12H12BrNO2/c13-10-3-4-11-9(8-10)5-7-14(11)6-1-2-12(15)16/h3-5,7-8H,1-2,6H2,(H,15,16). The number of rotatable bonds is 4. The Morgan fingerprint density at radius 3 is 2.94 bits per heavy atom. The Kier molecular flexibility index (Phi) is 3.29. The van der Waals surface area contributed by atoms with Gasteiger partial charge in [-0.05, 0) is 30.7 Å². The number of carboxylic acids is 1. The molecule has 0 saturated heterocycles. The highest BCUT2D eigenvalue weighted by atomic mass is 79.9. The molecule has 1 aromatic carbocycles. The Balaban J connectivity index is 2.15. The van der Waals surface area contributed by atoms with Gasteiger partial charge in [0, 0.05) is 34.5 Å². The topological polar surface area (TPSA) is 42.2 Å². The van der Waals surface area contributed by atoms with Gasteiger partial charge in [0.15, 0.2) is 0 Å². The van der Waals surface area contributed by atoms with Crippen molar-refractivity contribution in [2.75, 3.05) is 0 Å². The first-order chi connectivity index (χ1) is 7.66. The van der Waals surface area contributed by atoms with E-state index in [1.54, 1.807) is 0 Å². The van der Waals surface area contributed by atoms with Crippen LogP contribution < -0.4 is 0 Å². The van der Waals surface area contributed by atoms with Crippen LogP contribution >= 0.6 is 15.9 Å². The van der Waals surface area contributed by atoms with Gasteiger partial charge in [-0.25, -0.2) is 0 Å². The molecule has 3 nitrogen and oxygen atoms in total. The lowest BCUT2D eigenvalue weighted by Crippen LogP contribution is -2.00. The van der Waals surface area contributed by atoms with Gasteiger partial charge < -0.3 is 9.67 Å². The Bertz CT molecular complexity index is 519. The number of carboxylic acid groups (broad SMARTS) is 1. The molecule has 2 aromatic rings. The van der Waals surface area contributed by atoms with Crippen LogP contribution in [0.5, 0.6) is 0 Å². The highest BCUT2D eigenvalue weighted by Crippen LogP contribution is 2.21. The second kappa shape index (κ2) is 4.70. The molecule has 84 valence electrons. The van der Waals surface area contributed by atoms with Crippen LogP contribution in [0.1, 0.15) is 12.8 Å². The van der Waals surface area contributed by atoms with Crippen LogP contribution in [0.25, 0.3) is 10.9 Å². The highest BCUT2D eigenvalue weighted by molar-refractivity contribution is 9.10. The van der Waals surface area contributed by atoms with Crippen molar-refractivity contribution in [2.45, 2.75) is 19.4 Å². The van der Waals surface area contributed by atoms with Gasteiger partial charge in [-0.2, -0.15) is 0 Å². The summed E-state index contributed by atoms with van der Waals surface area (Å²) in [5, 5.41) is 9.75. The number of nitrogens with zero attached hydrogens (tertiary/aromatic N) is 1. The average molecular weight is 282 g/mol. The molecule has 0 spiro atoms. The van der Waals surface area contributed by atoms with Gasteiger partial charge >= 0.3 is 5.97 Å². The van der Waals surface area contributed by atoms with E-state index in [2.05, 4.69) is 26.6 Å². The van der Waals surface area contributed by atoms with Crippen LogP contribution in [-0.4, -0.2) is 15.6 Å². The zero-order valence-electron chi connectivity index (χ0n) is 8.69. The van der Waals surface area contributed by atoms with E-state index in [0.29, 0.717) is 6.42 Å². The van der Waals surface area contributed by atoms with Gasteiger partial charge in [0.25, 0.3) is 0 Å². The SMILES string of the molecule is O=C(O)CCCn1ccc2cc(Br)ccc21. The van der Waals surface area contributed by atoms with Crippen LogP contribution in [0.3, 0.4) is 0 Å². The summed E-state index contributed by atoms with van der Waals surface area (Å²) in [4.78, 5) is 10.4. The summed E-state index contributed by atoms with van der Waals surface area (Å²) in [6, 6.07) is 8.14. The molecule has 0 atom stereocenters. The molecule has 0 aliphatic carbocycles. The largest absolute Gasteiger partial charge is 0.481 e. The molecule has 0 unspecified atom stereocenters. The van der Waals surface area contributed by atoms with E-state index in [4.69, 9.17) is 5.11 Å². The van der Waals surface area contributed by atoms with E-state index in [0.717, 1.165) is 16.5 Å². The second-order valence-corrected chi connectivity index (χ2v) is 4.63. The van der Waals surface area contributed by atoms with Gasteiger partial charge in [0.2, 0.25) is 0 Å². The predicted molar refractivity (Wildman–Crippen MR) is 66.5 cm³/mol. The summed E-state index contributed by atoms with van der Waals surface area (Å²) in [5.41, 5.74) is 1.15. The van der Waals surface area contributed by atoms with Gasteiger partial charge in [-0.3, -0.25) is 4.79 Å². The van der Waals surface area contributed by atoms with E-state index in [-0.39, 0.29) is 6.42 Å². The smallest absolute Gasteiger partial charge is 0.303 e. The van der Waals surface area contributed by atoms with Crippen LogP contribution in [0.15, 0.2) is 34.9 Å². The maximum Gasteiger partial charge on any atom is 0.303 e. The maximum absolute atomic E-state index is 10.4. The Hall–Kier alpha value is -1.29. The third kappa shape index (κ3) is 2.44. The molecule has 4 heteroatoms. The zero-order chi connectivity index (χ0) is 11.5. The second-order valence-electron chi connectivity index (χ2n) is 3.71. The van der Waals surface area contributed by atoms with Crippen LogP contribution in [0.4, 0.5) is 0 Å². The summed E-state index contributed by atoms with van der Waals surface area (Å²) in [6.45, 7) is 0.747. The van der Waals surface area contributed by atoms with E-state index < -0.39 is 5.97 Å². The summed E-state index contributed by atoms with van der Waals surface area (Å²) in [5.74, 6) is -0.737. The molecule has 1 aromatic heterocycles. The fourth-order valence-corrected chi connectivity index (χ4v) is 2.15. The average Bonchev–Trinajstić information content (AvgIpc) is 2.60. The van der Waals surface area contributed by atoms with Crippen molar-refractivity contribution in [3.05, 3.63) is 34.9 Å². The molecule has 0 aliphatic rings. The predicted octanol–water partition coefficient (Wildman–Crippen LogP) is 3.27. The first kappa shape index (κ1) is 11.2. The lowest BCUT2D eigenvalue weighted by molar-refractivity contribution is -0.137. The maximum atomic E-state index is 10.4. The summed E-state index contributed by atoms with van der Waals surface area (Å²) in [7, 11) is 0. The van der Waals surface area contributed by atoms with Gasteiger partial charge in [-0.1, -0.05) is 15.9 Å². The molecule has 0 bridgehead atoms. The molecule has 0 aliphatic heterocycles. The van der Waals surface area contributed by atoms with Crippen molar-refractivity contribution in [1.29, 1.82) is 0 Å². The molecule has 0 saturated carbocycles. The minimum absolute atomic E-state index is 0.218. The number of hydrogen-bond donors (Lipinski definition) is 1. The molecule has 1 heterocycles. The fourth-order valence-electron chi connectivity index (χ4n) is 1.77. The zero-order valence-corrected chi connectivity index (χ0v) is 10.3. The molecular weight excluding hydrogens is 270 g/mol. The number of halogens is 1. The van der Waals surface area contributed by atoms with Gasteiger partial charge in [0.1, 0.15) is 0 Å². The van der Waals surface area contributed by atoms with E-state index in [1.165, 1.54) is 5.39 Å². The number of aryl methyl sites for hydroxylation is 1. The quantitative estimate of drug-likeness (QED) is 0.935. The lowest BCUT2D eigenvalue weighted by Gasteiger charge is -2.03. The molecule has 16 heavy (non-hydrogen) atoms. The van der Waals surface area contributed by atoms with Crippen molar-refractivity contribution >= 4 is 32.8 Å². The van der Waals surface area contributed by atoms with Crippen molar-refractivity contribution in [3.63, 3.8) is 0 Å². The third-order valence-corrected chi connectivity index (χ3v) is 3.02. The summed E-state index contributed by atoms with van der Waals surface area (Å²) >= 11 is 3.43. The summed E-state index contributed by atoms with van der Waals surface area (Å²) in [6.07, 6.45) is 2.88. The van der Waals surface area contributed by atoms with E-state index in [1.807, 2.05) is 24.4 Å².